The number of rotatable bonds is 3. The van der Waals surface area contributed by atoms with Gasteiger partial charge in [-0.05, 0) is 39.1 Å². The summed E-state index contributed by atoms with van der Waals surface area (Å²) in [5.41, 5.74) is 4.26. The van der Waals surface area contributed by atoms with Crippen molar-refractivity contribution in [1.82, 2.24) is 9.97 Å². The second-order valence-electron chi connectivity index (χ2n) is 5.38. The summed E-state index contributed by atoms with van der Waals surface area (Å²) in [4.78, 5) is 9.24. The molecule has 0 fully saturated rings. The Labute approximate surface area is 110 Å². The Morgan fingerprint density at radius 1 is 1.28 bits per heavy atom. The smallest absolute Gasteiger partial charge is 0.223 e. The predicted octanol–water partition coefficient (Wildman–Crippen LogP) is 2.23. The normalized spacial score (nSPS) is 12.9. The number of fused-ring (bicyclic) bond motifs is 1. The van der Waals surface area contributed by atoms with Gasteiger partial charge in [0.15, 0.2) is 0 Å². The van der Waals surface area contributed by atoms with Gasteiger partial charge in [0.25, 0.3) is 0 Å². The molecule has 0 atom stereocenters. The molecule has 6 heteroatoms. The van der Waals surface area contributed by atoms with Crippen LogP contribution in [0.4, 0.5) is 11.8 Å². The fraction of sp³-hybridized carbons (Fsp3) is 0.500. The van der Waals surface area contributed by atoms with Gasteiger partial charge in [-0.25, -0.2) is 4.98 Å². The van der Waals surface area contributed by atoms with E-state index >= 15 is 0 Å². The molecular formula is C12H18N4OS. The van der Waals surface area contributed by atoms with E-state index in [-0.39, 0.29) is 5.95 Å². The summed E-state index contributed by atoms with van der Waals surface area (Å²) in [7, 11) is 0. The molecule has 0 aliphatic carbocycles. The highest BCUT2D eigenvalue weighted by molar-refractivity contribution is 7.16. The Morgan fingerprint density at radius 2 is 1.94 bits per heavy atom. The van der Waals surface area contributed by atoms with Crippen molar-refractivity contribution < 1.29 is 5.11 Å². The van der Waals surface area contributed by atoms with E-state index in [0.29, 0.717) is 5.82 Å². The molecule has 2 aromatic rings. The number of thiophene rings is 1. The molecule has 0 spiro atoms. The summed E-state index contributed by atoms with van der Waals surface area (Å²) >= 11 is 1.52. The highest BCUT2D eigenvalue weighted by atomic mass is 32.1. The molecule has 0 bridgehead atoms. The standard InChI is InChI=1S/C12H18N4OS/c1-11(2,12(3,4)17)16-8-7-5-6-18-9(7)15-10(13)14-8/h5-6,17H,1-4H3,(H3,13,14,15,16). The number of anilines is 2. The first-order chi connectivity index (χ1) is 8.21. The zero-order chi connectivity index (χ0) is 13.6. The lowest BCUT2D eigenvalue weighted by atomic mass is 9.86. The molecule has 2 aromatic heterocycles. The Hall–Kier alpha value is -1.40. The van der Waals surface area contributed by atoms with E-state index in [2.05, 4.69) is 15.3 Å². The lowest BCUT2D eigenvalue weighted by Crippen LogP contribution is -2.51. The zero-order valence-corrected chi connectivity index (χ0v) is 11.8. The number of aliphatic hydroxyl groups is 1. The van der Waals surface area contributed by atoms with Gasteiger partial charge in [0, 0.05) is 0 Å². The molecule has 0 saturated carbocycles. The van der Waals surface area contributed by atoms with Crippen LogP contribution in [-0.2, 0) is 0 Å². The van der Waals surface area contributed by atoms with Gasteiger partial charge in [-0.3, -0.25) is 0 Å². The maximum absolute atomic E-state index is 10.2. The molecule has 98 valence electrons. The Morgan fingerprint density at radius 3 is 2.56 bits per heavy atom. The number of nitrogens with one attached hydrogen (secondary N) is 1. The van der Waals surface area contributed by atoms with Crippen molar-refractivity contribution in [3.8, 4) is 0 Å². The van der Waals surface area contributed by atoms with Gasteiger partial charge < -0.3 is 16.2 Å². The number of nitrogen functional groups attached to an aromatic ring is 1. The van der Waals surface area contributed by atoms with Crippen LogP contribution in [0.25, 0.3) is 10.2 Å². The van der Waals surface area contributed by atoms with Gasteiger partial charge >= 0.3 is 0 Å². The summed E-state index contributed by atoms with van der Waals surface area (Å²) in [6, 6.07) is 1.95. The van der Waals surface area contributed by atoms with Crippen molar-refractivity contribution in [1.29, 1.82) is 0 Å². The highest BCUT2D eigenvalue weighted by Crippen LogP contribution is 2.31. The average molecular weight is 266 g/mol. The van der Waals surface area contributed by atoms with E-state index in [1.165, 1.54) is 11.3 Å². The summed E-state index contributed by atoms with van der Waals surface area (Å²) in [6.45, 7) is 7.36. The molecule has 4 N–H and O–H groups in total. The van der Waals surface area contributed by atoms with Crippen LogP contribution in [0.1, 0.15) is 27.7 Å². The molecule has 5 nitrogen and oxygen atoms in total. The van der Waals surface area contributed by atoms with Crippen molar-refractivity contribution in [2.75, 3.05) is 11.1 Å². The minimum Gasteiger partial charge on any atom is -0.388 e. The quantitative estimate of drug-likeness (QED) is 0.793. The average Bonchev–Trinajstić information content (AvgIpc) is 2.62. The molecule has 0 aromatic carbocycles. The Kier molecular flexibility index (Phi) is 2.95. The van der Waals surface area contributed by atoms with E-state index in [4.69, 9.17) is 5.73 Å². The number of nitrogens with two attached hydrogens (primary N) is 1. The first kappa shape index (κ1) is 13.0. The minimum absolute atomic E-state index is 0.235. The van der Waals surface area contributed by atoms with E-state index in [1.807, 2.05) is 25.3 Å². The van der Waals surface area contributed by atoms with Gasteiger partial charge in [0.05, 0.1) is 16.5 Å². The topological polar surface area (TPSA) is 84.1 Å². The number of nitrogens with zero attached hydrogens (tertiary/aromatic N) is 2. The minimum atomic E-state index is -0.894. The summed E-state index contributed by atoms with van der Waals surface area (Å²) in [5, 5.41) is 16.3. The third kappa shape index (κ3) is 2.26. The molecule has 0 radical (unpaired) electrons. The maximum Gasteiger partial charge on any atom is 0.223 e. The van der Waals surface area contributed by atoms with Gasteiger partial charge in [0.1, 0.15) is 10.6 Å². The van der Waals surface area contributed by atoms with Crippen molar-refractivity contribution >= 4 is 33.3 Å². The maximum atomic E-state index is 10.2. The van der Waals surface area contributed by atoms with Crippen LogP contribution < -0.4 is 11.1 Å². The molecule has 2 rings (SSSR count). The van der Waals surface area contributed by atoms with Crippen LogP contribution in [0.2, 0.25) is 0 Å². The summed E-state index contributed by atoms with van der Waals surface area (Å²) in [5.74, 6) is 0.893. The third-order valence-electron chi connectivity index (χ3n) is 3.30. The first-order valence-electron chi connectivity index (χ1n) is 5.72. The number of hydrogen-bond acceptors (Lipinski definition) is 6. The SMILES string of the molecule is CC(C)(O)C(C)(C)Nc1nc(N)nc2sccc12. The predicted molar refractivity (Wildman–Crippen MR) is 75.8 cm³/mol. The van der Waals surface area contributed by atoms with Crippen molar-refractivity contribution in [2.24, 2.45) is 0 Å². The number of hydrogen-bond donors (Lipinski definition) is 3. The van der Waals surface area contributed by atoms with Crippen LogP contribution in [0.15, 0.2) is 11.4 Å². The van der Waals surface area contributed by atoms with Crippen molar-refractivity contribution in [2.45, 2.75) is 38.8 Å². The summed E-state index contributed by atoms with van der Waals surface area (Å²) < 4.78 is 0. The number of aromatic nitrogens is 2. The van der Waals surface area contributed by atoms with Crippen LogP contribution in [0.3, 0.4) is 0 Å². The molecule has 18 heavy (non-hydrogen) atoms. The molecular weight excluding hydrogens is 248 g/mol. The summed E-state index contributed by atoms with van der Waals surface area (Å²) in [6.07, 6.45) is 0. The van der Waals surface area contributed by atoms with Gasteiger partial charge in [0.2, 0.25) is 5.95 Å². The highest BCUT2D eigenvalue weighted by Gasteiger charge is 2.35. The van der Waals surface area contributed by atoms with Crippen LogP contribution >= 0.6 is 11.3 Å². The van der Waals surface area contributed by atoms with Crippen molar-refractivity contribution in [3.05, 3.63) is 11.4 Å². The molecule has 2 heterocycles. The van der Waals surface area contributed by atoms with E-state index in [9.17, 15) is 5.11 Å². The van der Waals surface area contributed by atoms with Gasteiger partial charge in [-0.1, -0.05) is 0 Å². The molecule has 0 saturated heterocycles. The monoisotopic (exact) mass is 266 g/mol. The lowest BCUT2D eigenvalue weighted by molar-refractivity contribution is 0.0239. The largest absolute Gasteiger partial charge is 0.388 e. The molecule has 0 amide bonds. The Balaban J connectivity index is 2.46. The third-order valence-corrected chi connectivity index (χ3v) is 4.11. The molecule has 0 aliphatic heterocycles. The van der Waals surface area contributed by atoms with Gasteiger partial charge in [-0.15, -0.1) is 11.3 Å². The lowest BCUT2D eigenvalue weighted by Gasteiger charge is -2.38. The molecule has 0 unspecified atom stereocenters. The molecule has 0 aliphatic rings. The second-order valence-corrected chi connectivity index (χ2v) is 6.27. The Bertz CT molecular complexity index is 571. The van der Waals surface area contributed by atoms with E-state index in [0.717, 1.165) is 10.2 Å². The fourth-order valence-corrected chi connectivity index (χ4v) is 2.19. The second kappa shape index (κ2) is 4.07. The van der Waals surface area contributed by atoms with Gasteiger partial charge in [-0.2, -0.15) is 4.98 Å². The first-order valence-corrected chi connectivity index (χ1v) is 6.60. The zero-order valence-electron chi connectivity index (χ0n) is 11.0. The van der Waals surface area contributed by atoms with E-state index < -0.39 is 11.1 Å². The van der Waals surface area contributed by atoms with Crippen LogP contribution in [-0.4, -0.2) is 26.2 Å². The van der Waals surface area contributed by atoms with Crippen LogP contribution in [0.5, 0.6) is 0 Å². The van der Waals surface area contributed by atoms with Crippen molar-refractivity contribution in [3.63, 3.8) is 0 Å². The van der Waals surface area contributed by atoms with Crippen LogP contribution in [0, 0.1) is 0 Å². The fourth-order valence-electron chi connectivity index (χ4n) is 1.42. The van der Waals surface area contributed by atoms with E-state index in [1.54, 1.807) is 13.8 Å².